The fraction of sp³-hybridized carbons (Fsp3) is 0.182. The largest absolute Gasteiger partial charge is 0.399 e. The maximum atomic E-state index is 5.77. The van der Waals surface area contributed by atoms with Crippen molar-refractivity contribution in [2.24, 2.45) is 4.99 Å². The molecule has 3 heteroatoms. The van der Waals surface area contributed by atoms with Crippen LogP contribution in [-0.4, -0.2) is 13.0 Å². The highest BCUT2D eigenvalue weighted by Crippen LogP contribution is 2.27. The summed E-state index contributed by atoms with van der Waals surface area (Å²) >= 11 is 1.64. The van der Waals surface area contributed by atoms with Crippen molar-refractivity contribution >= 4 is 29.1 Å². The van der Waals surface area contributed by atoms with E-state index < -0.39 is 0 Å². The van der Waals surface area contributed by atoms with Crippen LogP contribution in [0.4, 0.5) is 5.69 Å². The molecule has 0 amide bonds. The van der Waals surface area contributed by atoms with Gasteiger partial charge in [0.2, 0.25) is 0 Å². The van der Waals surface area contributed by atoms with E-state index in [0.29, 0.717) is 0 Å². The first-order valence-electron chi connectivity index (χ1n) is 4.25. The molecule has 1 aromatic carbocycles. The summed E-state index contributed by atoms with van der Waals surface area (Å²) < 4.78 is 0. The predicted octanol–water partition coefficient (Wildman–Crippen LogP) is 2.94. The monoisotopic (exact) mass is 206 g/mol. The zero-order valence-electron chi connectivity index (χ0n) is 8.45. The quantitative estimate of drug-likeness (QED) is 0.610. The minimum Gasteiger partial charge on any atom is -0.399 e. The minimum absolute atomic E-state index is 0.781. The zero-order valence-corrected chi connectivity index (χ0v) is 9.27. The lowest BCUT2D eigenvalue weighted by molar-refractivity contribution is 1.45. The summed E-state index contributed by atoms with van der Waals surface area (Å²) in [5.41, 5.74) is 8.80. The van der Waals surface area contributed by atoms with Gasteiger partial charge in [-0.15, -0.1) is 11.8 Å². The van der Waals surface area contributed by atoms with Gasteiger partial charge in [-0.05, 0) is 43.2 Å². The van der Waals surface area contributed by atoms with Gasteiger partial charge in [0.15, 0.2) is 0 Å². The van der Waals surface area contributed by atoms with E-state index in [1.165, 1.54) is 0 Å². The van der Waals surface area contributed by atoms with Gasteiger partial charge in [0.25, 0.3) is 0 Å². The minimum atomic E-state index is 0.781. The highest BCUT2D eigenvalue weighted by molar-refractivity contribution is 8.07. The number of benzene rings is 1. The Bertz CT molecular complexity index is 349. The summed E-state index contributed by atoms with van der Waals surface area (Å²) in [6, 6.07) is 5.98. The molecule has 0 atom stereocenters. The van der Waals surface area contributed by atoms with Crippen LogP contribution in [0, 0.1) is 6.92 Å². The Hall–Kier alpha value is -1.22. The summed E-state index contributed by atoms with van der Waals surface area (Å²) in [5.74, 6) is 0. The van der Waals surface area contributed by atoms with Crippen molar-refractivity contribution in [3.05, 3.63) is 35.5 Å². The standard InChI is InChI=1S/C11H14N2S/c1-8-4-9(6-10(12)5-8)11(14-3)7-13-2/h4-7H,2,12H2,1,3H3/b11-7-. The fourth-order valence-electron chi connectivity index (χ4n) is 1.28. The van der Waals surface area contributed by atoms with Crippen LogP contribution >= 0.6 is 11.8 Å². The van der Waals surface area contributed by atoms with Gasteiger partial charge in [-0.2, -0.15) is 0 Å². The zero-order chi connectivity index (χ0) is 10.6. The van der Waals surface area contributed by atoms with E-state index in [9.17, 15) is 0 Å². The van der Waals surface area contributed by atoms with Crippen LogP contribution in [0.2, 0.25) is 0 Å². The van der Waals surface area contributed by atoms with Gasteiger partial charge in [0.1, 0.15) is 0 Å². The fourth-order valence-corrected chi connectivity index (χ4v) is 1.82. The molecule has 74 valence electrons. The Morgan fingerprint density at radius 3 is 2.71 bits per heavy atom. The lowest BCUT2D eigenvalue weighted by atomic mass is 10.1. The second-order valence-electron chi connectivity index (χ2n) is 3.01. The number of aliphatic imine (C=N–C) groups is 1. The molecule has 0 saturated carbocycles. The second-order valence-corrected chi connectivity index (χ2v) is 3.86. The molecule has 0 aromatic heterocycles. The van der Waals surface area contributed by atoms with Crippen molar-refractivity contribution in [2.75, 3.05) is 12.0 Å². The van der Waals surface area contributed by atoms with Crippen LogP contribution in [0.15, 0.2) is 29.4 Å². The number of nitrogens with zero attached hydrogens (tertiary/aromatic N) is 1. The molecular formula is C11H14N2S. The summed E-state index contributed by atoms with van der Waals surface area (Å²) in [7, 11) is 0. The molecule has 0 bridgehead atoms. The molecule has 14 heavy (non-hydrogen) atoms. The third kappa shape index (κ3) is 2.64. The number of thioether (sulfide) groups is 1. The van der Waals surface area contributed by atoms with Crippen LogP contribution in [0.25, 0.3) is 4.91 Å². The summed E-state index contributed by atoms with van der Waals surface area (Å²) in [5, 5.41) is 0. The molecule has 0 heterocycles. The highest BCUT2D eigenvalue weighted by Gasteiger charge is 2.01. The second kappa shape index (κ2) is 4.86. The number of aryl methyl sites for hydroxylation is 1. The molecular weight excluding hydrogens is 192 g/mol. The molecule has 0 spiro atoms. The van der Waals surface area contributed by atoms with E-state index >= 15 is 0 Å². The van der Waals surface area contributed by atoms with Gasteiger partial charge >= 0.3 is 0 Å². The van der Waals surface area contributed by atoms with Crippen molar-refractivity contribution in [1.82, 2.24) is 0 Å². The van der Waals surface area contributed by atoms with Crippen LogP contribution in [-0.2, 0) is 0 Å². The average molecular weight is 206 g/mol. The molecule has 2 nitrogen and oxygen atoms in total. The maximum Gasteiger partial charge on any atom is 0.0402 e. The van der Waals surface area contributed by atoms with E-state index in [2.05, 4.69) is 17.8 Å². The van der Waals surface area contributed by atoms with E-state index in [1.807, 2.05) is 25.3 Å². The number of rotatable bonds is 3. The highest BCUT2D eigenvalue weighted by atomic mass is 32.2. The van der Waals surface area contributed by atoms with E-state index in [4.69, 9.17) is 5.73 Å². The average Bonchev–Trinajstić information content (AvgIpc) is 2.12. The topological polar surface area (TPSA) is 38.4 Å². The normalized spacial score (nSPS) is 11.4. The van der Waals surface area contributed by atoms with Gasteiger partial charge in [0, 0.05) is 16.8 Å². The van der Waals surface area contributed by atoms with Crippen LogP contribution in [0.1, 0.15) is 11.1 Å². The molecule has 0 radical (unpaired) electrons. The number of hydrogen-bond donors (Lipinski definition) is 1. The summed E-state index contributed by atoms with van der Waals surface area (Å²) in [6.45, 7) is 5.47. The SMILES string of the molecule is C=N/C=C(\SC)c1cc(C)cc(N)c1. The van der Waals surface area contributed by atoms with Crippen LogP contribution < -0.4 is 5.73 Å². The lowest BCUT2D eigenvalue weighted by Gasteiger charge is -2.05. The third-order valence-corrected chi connectivity index (χ3v) is 2.59. The number of hydrogen-bond acceptors (Lipinski definition) is 3. The molecule has 0 aliphatic carbocycles. The molecule has 0 saturated heterocycles. The third-order valence-electron chi connectivity index (χ3n) is 1.81. The van der Waals surface area contributed by atoms with Gasteiger partial charge in [-0.1, -0.05) is 6.07 Å². The first-order valence-corrected chi connectivity index (χ1v) is 5.47. The lowest BCUT2D eigenvalue weighted by Crippen LogP contribution is -1.89. The summed E-state index contributed by atoms with van der Waals surface area (Å²) in [4.78, 5) is 4.85. The Morgan fingerprint density at radius 1 is 1.50 bits per heavy atom. The smallest absolute Gasteiger partial charge is 0.0402 e. The Balaban J connectivity index is 3.16. The van der Waals surface area contributed by atoms with Crippen molar-refractivity contribution in [2.45, 2.75) is 6.92 Å². The van der Waals surface area contributed by atoms with Gasteiger partial charge in [0.05, 0.1) is 0 Å². The van der Waals surface area contributed by atoms with E-state index in [-0.39, 0.29) is 0 Å². The Kier molecular flexibility index (Phi) is 3.77. The summed E-state index contributed by atoms with van der Waals surface area (Å²) in [6.07, 6.45) is 3.76. The molecule has 0 aliphatic heterocycles. The Morgan fingerprint density at radius 2 is 2.21 bits per heavy atom. The van der Waals surface area contributed by atoms with Crippen molar-refractivity contribution in [1.29, 1.82) is 0 Å². The van der Waals surface area contributed by atoms with Crippen molar-refractivity contribution in [3.8, 4) is 0 Å². The van der Waals surface area contributed by atoms with Gasteiger partial charge in [-0.25, -0.2) is 0 Å². The number of anilines is 1. The molecule has 1 rings (SSSR count). The van der Waals surface area contributed by atoms with Gasteiger partial charge in [-0.3, -0.25) is 4.99 Å². The first kappa shape index (κ1) is 10.9. The number of nitrogen functional groups attached to an aromatic ring is 1. The van der Waals surface area contributed by atoms with Crippen molar-refractivity contribution < 1.29 is 0 Å². The van der Waals surface area contributed by atoms with E-state index in [0.717, 1.165) is 21.7 Å². The molecule has 0 aliphatic rings. The van der Waals surface area contributed by atoms with E-state index in [1.54, 1.807) is 18.0 Å². The van der Waals surface area contributed by atoms with Crippen molar-refractivity contribution in [3.63, 3.8) is 0 Å². The molecule has 2 N–H and O–H groups in total. The Labute approximate surface area is 88.9 Å². The molecule has 0 unspecified atom stereocenters. The first-order chi connectivity index (χ1) is 6.67. The molecule has 1 aromatic rings. The van der Waals surface area contributed by atoms with Crippen LogP contribution in [0.3, 0.4) is 0 Å². The maximum absolute atomic E-state index is 5.77. The number of nitrogens with two attached hydrogens (primary N) is 1. The van der Waals surface area contributed by atoms with Crippen LogP contribution in [0.5, 0.6) is 0 Å². The predicted molar refractivity (Wildman–Crippen MR) is 66.6 cm³/mol. The molecule has 0 fully saturated rings. The van der Waals surface area contributed by atoms with Gasteiger partial charge < -0.3 is 5.73 Å².